The molecular weight excluding hydrogens is 340 g/mol. The summed E-state index contributed by atoms with van der Waals surface area (Å²) in [6.07, 6.45) is 3.03. The maximum absolute atomic E-state index is 12.2. The lowest BCUT2D eigenvalue weighted by molar-refractivity contribution is -0.384. The van der Waals surface area contributed by atoms with Crippen LogP contribution in [0.25, 0.3) is 0 Å². The molecule has 1 amide bonds. The summed E-state index contributed by atoms with van der Waals surface area (Å²) >= 11 is 3.24. The SMILES string of the molecule is O=C(NCC1CCCC1CO)c1cc([N+](=O)[O-])ccc1Br. The Hall–Kier alpha value is -1.47. The van der Waals surface area contributed by atoms with E-state index in [-0.39, 0.29) is 35.6 Å². The van der Waals surface area contributed by atoms with E-state index in [4.69, 9.17) is 0 Å². The molecular formula is C14H17BrN2O4. The summed E-state index contributed by atoms with van der Waals surface area (Å²) in [5.74, 6) is 0.171. The number of amides is 1. The van der Waals surface area contributed by atoms with Gasteiger partial charge in [-0.2, -0.15) is 0 Å². The zero-order chi connectivity index (χ0) is 15.4. The number of aliphatic hydroxyl groups is 1. The van der Waals surface area contributed by atoms with Crippen molar-refractivity contribution in [3.63, 3.8) is 0 Å². The number of carbonyl (C=O) groups is 1. The lowest BCUT2D eigenvalue weighted by Gasteiger charge is -2.18. The van der Waals surface area contributed by atoms with Gasteiger partial charge >= 0.3 is 0 Å². The lowest BCUT2D eigenvalue weighted by atomic mass is 9.97. The number of carbonyl (C=O) groups excluding carboxylic acids is 1. The van der Waals surface area contributed by atoms with E-state index in [0.717, 1.165) is 19.3 Å². The van der Waals surface area contributed by atoms with E-state index < -0.39 is 4.92 Å². The monoisotopic (exact) mass is 356 g/mol. The van der Waals surface area contributed by atoms with Crippen LogP contribution in [0.3, 0.4) is 0 Å². The third-order valence-electron chi connectivity index (χ3n) is 3.98. The molecule has 1 aromatic rings. The van der Waals surface area contributed by atoms with Gasteiger partial charge in [0.05, 0.1) is 10.5 Å². The third kappa shape index (κ3) is 3.79. The predicted octanol–water partition coefficient (Wildman–Crippen LogP) is 2.50. The zero-order valence-electron chi connectivity index (χ0n) is 11.4. The van der Waals surface area contributed by atoms with Gasteiger partial charge in [-0.25, -0.2) is 0 Å². The minimum atomic E-state index is -0.526. The average molecular weight is 357 g/mol. The van der Waals surface area contributed by atoms with Crippen molar-refractivity contribution in [1.82, 2.24) is 5.32 Å². The first-order valence-corrected chi connectivity index (χ1v) is 7.65. The number of nitro benzene ring substituents is 1. The summed E-state index contributed by atoms with van der Waals surface area (Å²) in [5.41, 5.74) is 0.139. The average Bonchev–Trinajstić information content (AvgIpc) is 2.92. The van der Waals surface area contributed by atoms with Crippen molar-refractivity contribution in [3.8, 4) is 0 Å². The first-order chi connectivity index (χ1) is 10.0. The molecule has 2 N–H and O–H groups in total. The normalized spacial score (nSPS) is 21.2. The summed E-state index contributed by atoms with van der Waals surface area (Å²) < 4.78 is 0.524. The summed E-state index contributed by atoms with van der Waals surface area (Å²) in [7, 11) is 0. The zero-order valence-corrected chi connectivity index (χ0v) is 13.0. The Kier molecular flexibility index (Phi) is 5.30. The Morgan fingerprint density at radius 2 is 2.14 bits per heavy atom. The Morgan fingerprint density at radius 3 is 2.81 bits per heavy atom. The largest absolute Gasteiger partial charge is 0.396 e. The maximum Gasteiger partial charge on any atom is 0.270 e. The molecule has 2 rings (SSSR count). The molecule has 1 aliphatic carbocycles. The molecule has 0 spiro atoms. The number of hydrogen-bond donors (Lipinski definition) is 2. The fourth-order valence-electron chi connectivity index (χ4n) is 2.74. The van der Waals surface area contributed by atoms with Crippen LogP contribution in [0.1, 0.15) is 29.6 Å². The minimum Gasteiger partial charge on any atom is -0.396 e. The molecule has 1 aromatic carbocycles. The lowest BCUT2D eigenvalue weighted by Crippen LogP contribution is -2.31. The van der Waals surface area contributed by atoms with Crippen LogP contribution in [0.4, 0.5) is 5.69 Å². The Labute approximate surface area is 130 Å². The van der Waals surface area contributed by atoms with Gasteiger partial charge in [0.25, 0.3) is 11.6 Å². The van der Waals surface area contributed by atoms with Gasteiger partial charge in [-0.15, -0.1) is 0 Å². The molecule has 0 heterocycles. The molecule has 2 unspecified atom stereocenters. The number of aliphatic hydroxyl groups excluding tert-OH is 1. The summed E-state index contributed by atoms with van der Waals surface area (Å²) in [4.78, 5) is 22.4. The Morgan fingerprint density at radius 1 is 1.43 bits per heavy atom. The fraction of sp³-hybridized carbons (Fsp3) is 0.500. The van der Waals surface area contributed by atoms with E-state index in [1.54, 1.807) is 0 Å². The van der Waals surface area contributed by atoms with Gasteiger partial charge in [0.2, 0.25) is 0 Å². The van der Waals surface area contributed by atoms with Crippen LogP contribution >= 0.6 is 15.9 Å². The summed E-state index contributed by atoms with van der Waals surface area (Å²) in [5, 5.41) is 22.8. The second-order valence-corrected chi connectivity index (χ2v) is 6.12. The highest BCUT2D eigenvalue weighted by Gasteiger charge is 2.27. The van der Waals surface area contributed by atoms with Crippen LogP contribution in [0, 0.1) is 22.0 Å². The van der Waals surface area contributed by atoms with Gasteiger partial charge in [-0.3, -0.25) is 14.9 Å². The first kappa shape index (κ1) is 15.9. The number of benzene rings is 1. The minimum absolute atomic E-state index is 0.113. The summed E-state index contributed by atoms with van der Waals surface area (Å²) in [6.45, 7) is 0.625. The highest BCUT2D eigenvalue weighted by atomic mass is 79.9. The van der Waals surface area contributed by atoms with Gasteiger partial charge in [0.1, 0.15) is 0 Å². The van der Waals surface area contributed by atoms with Crippen molar-refractivity contribution in [2.24, 2.45) is 11.8 Å². The molecule has 6 nitrogen and oxygen atoms in total. The van der Waals surface area contributed by atoms with Gasteiger partial charge in [-0.05, 0) is 46.7 Å². The van der Waals surface area contributed by atoms with E-state index in [2.05, 4.69) is 21.2 Å². The Balaban J connectivity index is 2.03. The molecule has 114 valence electrons. The molecule has 1 fully saturated rings. The molecule has 1 saturated carbocycles. The van der Waals surface area contributed by atoms with E-state index in [9.17, 15) is 20.0 Å². The second-order valence-electron chi connectivity index (χ2n) is 5.26. The molecule has 7 heteroatoms. The first-order valence-electron chi connectivity index (χ1n) is 6.86. The quantitative estimate of drug-likeness (QED) is 0.626. The van der Waals surface area contributed by atoms with Crippen molar-refractivity contribution in [1.29, 1.82) is 0 Å². The molecule has 21 heavy (non-hydrogen) atoms. The smallest absolute Gasteiger partial charge is 0.270 e. The van der Waals surface area contributed by atoms with Crippen molar-refractivity contribution in [2.75, 3.05) is 13.2 Å². The van der Waals surface area contributed by atoms with E-state index >= 15 is 0 Å². The van der Waals surface area contributed by atoms with Crippen LogP contribution in [0.15, 0.2) is 22.7 Å². The van der Waals surface area contributed by atoms with Gasteiger partial charge in [-0.1, -0.05) is 6.42 Å². The summed E-state index contributed by atoms with van der Waals surface area (Å²) in [6, 6.07) is 4.11. The number of rotatable bonds is 5. The van der Waals surface area contributed by atoms with Crippen LogP contribution in [0.2, 0.25) is 0 Å². The Bertz CT molecular complexity index is 550. The van der Waals surface area contributed by atoms with Crippen LogP contribution < -0.4 is 5.32 Å². The van der Waals surface area contributed by atoms with Gasteiger partial charge in [0, 0.05) is 29.8 Å². The number of non-ortho nitro benzene ring substituents is 1. The van der Waals surface area contributed by atoms with Crippen molar-refractivity contribution >= 4 is 27.5 Å². The fourth-order valence-corrected chi connectivity index (χ4v) is 3.17. The van der Waals surface area contributed by atoms with E-state index in [0.29, 0.717) is 11.0 Å². The molecule has 0 bridgehead atoms. The van der Waals surface area contributed by atoms with Gasteiger partial charge < -0.3 is 10.4 Å². The highest BCUT2D eigenvalue weighted by molar-refractivity contribution is 9.10. The number of nitrogens with zero attached hydrogens (tertiary/aromatic N) is 1. The molecule has 0 aliphatic heterocycles. The topological polar surface area (TPSA) is 92.5 Å². The van der Waals surface area contributed by atoms with E-state index in [1.165, 1.54) is 18.2 Å². The highest BCUT2D eigenvalue weighted by Crippen LogP contribution is 2.31. The molecule has 0 aromatic heterocycles. The van der Waals surface area contributed by atoms with Crippen LogP contribution in [-0.2, 0) is 0 Å². The van der Waals surface area contributed by atoms with Crippen LogP contribution in [-0.4, -0.2) is 29.1 Å². The number of hydrogen-bond acceptors (Lipinski definition) is 4. The predicted molar refractivity (Wildman–Crippen MR) is 81.0 cm³/mol. The van der Waals surface area contributed by atoms with Crippen LogP contribution in [0.5, 0.6) is 0 Å². The molecule has 1 aliphatic rings. The molecule has 0 saturated heterocycles. The molecule has 2 atom stereocenters. The van der Waals surface area contributed by atoms with Gasteiger partial charge in [0.15, 0.2) is 0 Å². The number of nitro groups is 1. The number of nitrogens with one attached hydrogen (secondary N) is 1. The van der Waals surface area contributed by atoms with Crippen molar-refractivity contribution < 1.29 is 14.8 Å². The van der Waals surface area contributed by atoms with Crippen molar-refractivity contribution in [3.05, 3.63) is 38.3 Å². The molecule has 0 radical (unpaired) electrons. The van der Waals surface area contributed by atoms with E-state index in [1.807, 2.05) is 0 Å². The second kappa shape index (κ2) is 7.00. The maximum atomic E-state index is 12.2. The van der Waals surface area contributed by atoms with Crippen molar-refractivity contribution in [2.45, 2.75) is 19.3 Å². The number of halogens is 1. The standard InChI is InChI=1S/C14H17BrN2O4/c15-13-5-4-11(17(20)21)6-12(13)14(19)16-7-9-2-1-3-10(9)8-18/h4-6,9-10,18H,1-3,7-8H2,(H,16,19). The third-order valence-corrected chi connectivity index (χ3v) is 4.67.